The van der Waals surface area contributed by atoms with Crippen molar-refractivity contribution >= 4 is 43.6 Å². The molecule has 47 heavy (non-hydrogen) atoms. The average molecular weight is 603 g/mol. The number of nitrogens with zero attached hydrogens (tertiary/aromatic N) is 4. The van der Waals surface area contributed by atoms with Gasteiger partial charge >= 0.3 is 0 Å². The first-order valence-electron chi connectivity index (χ1n) is 16.2. The van der Waals surface area contributed by atoms with Crippen LogP contribution >= 0.6 is 0 Å². The van der Waals surface area contributed by atoms with E-state index in [-0.39, 0.29) is 5.41 Å². The van der Waals surface area contributed by atoms with Crippen molar-refractivity contribution in [1.82, 2.24) is 19.1 Å². The molecule has 0 saturated carbocycles. The molecule has 0 fully saturated rings. The number of para-hydroxylation sites is 3. The van der Waals surface area contributed by atoms with Gasteiger partial charge in [0.2, 0.25) is 5.95 Å². The lowest BCUT2D eigenvalue weighted by atomic mass is 9.75. The predicted octanol–water partition coefficient (Wildman–Crippen LogP) is 10.6. The Kier molecular flexibility index (Phi) is 5.31. The fraction of sp³-hybridized carbons (Fsp3) is 0.0698. The molecule has 1 aliphatic rings. The van der Waals surface area contributed by atoms with Crippen LogP contribution in [0.15, 0.2) is 146 Å². The number of hydrogen-bond acceptors (Lipinski definition) is 2. The first kappa shape index (κ1) is 26.2. The summed E-state index contributed by atoms with van der Waals surface area (Å²) >= 11 is 0. The third kappa shape index (κ3) is 3.58. The number of rotatable bonds is 3. The fourth-order valence-electron chi connectivity index (χ4n) is 7.98. The first-order valence-corrected chi connectivity index (χ1v) is 16.2. The zero-order valence-corrected chi connectivity index (χ0v) is 26.1. The van der Waals surface area contributed by atoms with Crippen LogP contribution in [0.2, 0.25) is 0 Å². The summed E-state index contributed by atoms with van der Waals surface area (Å²) in [5.74, 6) is 0.663. The zero-order chi connectivity index (χ0) is 31.3. The van der Waals surface area contributed by atoms with E-state index in [0.29, 0.717) is 5.95 Å². The van der Waals surface area contributed by atoms with Gasteiger partial charge in [0, 0.05) is 38.1 Å². The smallest absolute Gasteiger partial charge is 0.235 e. The second-order valence-corrected chi connectivity index (χ2v) is 13.1. The van der Waals surface area contributed by atoms with Crippen LogP contribution < -0.4 is 0 Å². The molecule has 0 unspecified atom stereocenters. The second kappa shape index (κ2) is 9.51. The van der Waals surface area contributed by atoms with Gasteiger partial charge in [-0.2, -0.15) is 0 Å². The lowest BCUT2D eigenvalue weighted by molar-refractivity contribution is 0.630. The summed E-state index contributed by atoms with van der Waals surface area (Å²) in [5.41, 5.74) is 12.5. The highest BCUT2D eigenvalue weighted by Gasteiger charge is 2.35. The molecule has 0 N–H and O–H groups in total. The number of benzene rings is 6. The van der Waals surface area contributed by atoms with E-state index >= 15 is 0 Å². The van der Waals surface area contributed by atoms with Gasteiger partial charge in [-0.25, -0.2) is 9.97 Å². The van der Waals surface area contributed by atoms with E-state index in [4.69, 9.17) is 9.97 Å². The number of hydrogen-bond donors (Lipinski definition) is 0. The lowest BCUT2D eigenvalue weighted by Crippen LogP contribution is -2.26. The van der Waals surface area contributed by atoms with Crippen LogP contribution in [-0.2, 0) is 5.41 Å². The summed E-state index contributed by atoms with van der Waals surface area (Å²) in [7, 11) is 0. The van der Waals surface area contributed by atoms with Crippen molar-refractivity contribution < 1.29 is 0 Å². The van der Waals surface area contributed by atoms with E-state index in [2.05, 4.69) is 156 Å². The highest BCUT2D eigenvalue weighted by molar-refractivity contribution is 6.29. The van der Waals surface area contributed by atoms with Crippen LogP contribution in [0, 0.1) is 0 Å². The molecule has 0 saturated heterocycles. The van der Waals surface area contributed by atoms with Crippen molar-refractivity contribution in [1.29, 1.82) is 0 Å². The van der Waals surface area contributed by atoms with Crippen molar-refractivity contribution in [2.24, 2.45) is 0 Å². The van der Waals surface area contributed by atoms with Crippen LogP contribution in [-0.4, -0.2) is 19.1 Å². The van der Waals surface area contributed by atoms with Gasteiger partial charge in [-0.3, -0.25) is 4.57 Å². The minimum Gasteiger partial charge on any atom is -0.309 e. The van der Waals surface area contributed by atoms with Gasteiger partial charge in [-0.15, -0.1) is 0 Å². The van der Waals surface area contributed by atoms with Crippen LogP contribution in [0.1, 0.15) is 25.0 Å². The van der Waals surface area contributed by atoms with E-state index in [9.17, 15) is 0 Å². The van der Waals surface area contributed by atoms with Crippen molar-refractivity contribution in [3.8, 4) is 34.2 Å². The molecule has 0 radical (unpaired) electrons. The van der Waals surface area contributed by atoms with Gasteiger partial charge in [-0.1, -0.05) is 129 Å². The summed E-state index contributed by atoms with van der Waals surface area (Å²) in [6.45, 7) is 4.70. The standard InChI is InChI=1S/C43H30N4/c1-43(2)31-20-10-12-23-36(31)46-37-24-25-38-39(40(37)30-19-13-21-32(43)41(30)46)29-18-9-11-22-35(29)47(38)42-44-33(27-14-5-3-6-15-27)26-34(45-42)28-16-7-4-8-17-28/h3-26H,1-2H3. The van der Waals surface area contributed by atoms with Crippen molar-refractivity contribution in [2.45, 2.75) is 19.3 Å². The van der Waals surface area contributed by atoms with Crippen molar-refractivity contribution in [3.05, 3.63) is 157 Å². The van der Waals surface area contributed by atoms with E-state index in [1.165, 1.54) is 49.4 Å². The Balaban J connectivity index is 1.35. The summed E-state index contributed by atoms with van der Waals surface area (Å²) < 4.78 is 4.75. The van der Waals surface area contributed by atoms with Gasteiger partial charge < -0.3 is 4.57 Å². The van der Waals surface area contributed by atoms with Gasteiger partial charge in [0.1, 0.15) is 0 Å². The van der Waals surface area contributed by atoms with Crippen molar-refractivity contribution in [3.63, 3.8) is 0 Å². The largest absolute Gasteiger partial charge is 0.309 e. The zero-order valence-electron chi connectivity index (χ0n) is 26.1. The quantitative estimate of drug-likeness (QED) is 0.202. The van der Waals surface area contributed by atoms with E-state index < -0.39 is 0 Å². The summed E-state index contributed by atoms with van der Waals surface area (Å²) in [6, 6.07) is 51.9. The molecule has 4 heteroatoms. The average Bonchev–Trinajstić information content (AvgIpc) is 3.65. The molecule has 0 aliphatic carbocycles. The molecule has 4 nitrogen and oxygen atoms in total. The van der Waals surface area contributed by atoms with Crippen LogP contribution in [0.5, 0.6) is 0 Å². The Morgan fingerprint density at radius 1 is 0.468 bits per heavy atom. The minimum atomic E-state index is -0.118. The molecule has 0 bridgehead atoms. The van der Waals surface area contributed by atoms with Crippen LogP contribution in [0.4, 0.5) is 0 Å². The topological polar surface area (TPSA) is 35.6 Å². The maximum absolute atomic E-state index is 5.26. The SMILES string of the molecule is CC1(C)c2ccccc2-n2c3ccc4c(c5ccccc5n4-c4nc(-c5ccccc5)cc(-c5ccccc5)n4)c3c3cccc1c32. The molecule has 3 aromatic heterocycles. The molecule has 222 valence electrons. The van der Waals surface area contributed by atoms with Gasteiger partial charge in [0.15, 0.2) is 0 Å². The number of fused-ring (bicyclic) bond motifs is 9. The monoisotopic (exact) mass is 602 g/mol. The highest BCUT2D eigenvalue weighted by atomic mass is 15.2. The molecule has 0 spiro atoms. The Hall–Kier alpha value is -6.00. The summed E-state index contributed by atoms with van der Waals surface area (Å²) in [5, 5.41) is 4.97. The third-order valence-electron chi connectivity index (χ3n) is 10.1. The molecular formula is C43H30N4. The lowest BCUT2D eigenvalue weighted by Gasteiger charge is -2.34. The third-order valence-corrected chi connectivity index (χ3v) is 10.1. The highest BCUT2D eigenvalue weighted by Crippen LogP contribution is 2.49. The molecule has 9 aromatic rings. The Morgan fingerprint density at radius 2 is 1.02 bits per heavy atom. The Labute approximate surface area is 272 Å². The molecule has 6 aromatic carbocycles. The van der Waals surface area contributed by atoms with E-state index in [0.717, 1.165) is 33.5 Å². The Morgan fingerprint density at radius 3 is 1.74 bits per heavy atom. The molecule has 0 amide bonds. The molecule has 4 heterocycles. The van der Waals surface area contributed by atoms with Gasteiger partial charge in [0.25, 0.3) is 0 Å². The van der Waals surface area contributed by atoms with E-state index in [1.54, 1.807) is 0 Å². The predicted molar refractivity (Wildman–Crippen MR) is 194 cm³/mol. The summed E-state index contributed by atoms with van der Waals surface area (Å²) in [6.07, 6.45) is 0. The van der Waals surface area contributed by atoms with Gasteiger partial charge in [-0.05, 0) is 41.5 Å². The van der Waals surface area contributed by atoms with Crippen molar-refractivity contribution in [2.75, 3.05) is 0 Å². The van der Waals surface area contributed by atoms with Crippen LogP contribution in [0.25, 0.3) is 77.8 Å². The molecular weight excluding hydrogens is 573 g/mol. The maximum atomic E-state index is 5.26. The molecule has 10 rings (SSSR count). The van der Waals surface area contributed by atoms with E-state index in [1.807, 2.05) is 12.1 Å². The second-order valence-electron chi connectivity index (χ2n) is 13.1. The van der Waals surface area contributed by atoms with Crippen LogP contribution in [0.3, 0.4) is 0 Å². The van der Waals surface area contributed by atoms with Gasteiger partial charge in [0.05, 0.1) is 39.1 Å². The Bertz CT molecular complexity index is 2640. The molecule has 0 atom stereocenters. The fourth-order valence-corrected chi connectivity index (χ4v) is 7.98. The first-order chi connectivity index (χ1) is 23.1. The maximum Gasteiger partial charge on any atom is 0.235 e. The number of aromatic nitrogens is 4. The normalized spacial score (nSPS) is 13.5. The summed E-state index contributed by atoms with van der Waals surface area (Å²) in [4.78, 5) is 10.5. The minimum absolute atomic E-state index is 0.118. The molecule has 1 aliphatic heterocycles.